The van der Waals surface area contributed by atoms with Crippen molar-refractivity contribution in [2.24, 2.45) is 0 Å². The standard InChI is InChI=1S/C14H21N3O/c1-3-14-16-12-6-4-5-7-13(12)17(14)10-11(15-2)8-9-18/h4-7,11,15,18H,3,8-10H2,1-2H3. The average molecular weight is 247 g/mol. The van der Waals surface area contributed by atoms with Crippen LogP contribution >= 0.6 is 0 Å². The third-order valence-corrected chi connectivity index (χ3v) is 3.34. The zero-order valence-corrected chi connectivity index (χ0v) is 11.1. The van der Waals surface area contributed by atoms with Gasteiger partial charge >= 0.3 is 0 Å². The third kappa shape index (κ3) is 2.54. The van der Waals surface area contributed by atoms with E-state index in [1.165, 1.54) is 5.52 Å². The molecule has 98 valence electrons. The Kier molecular flexibility index (Phi) is 4.33. The Balaban J connectivity index is 2.35. The molecule has 0 fully saturated rings. The van der Waals surface area contributed by atoms with Gasteiger partial charge < -0.3 is 15.0 Å². The number of imidazole rings is 1. The molecule has 2 N–H and O–H groups in total. The molecular formula is C14H21N3O. The highest BCUT2D eigenvalue weighted by Gasteiger charge is 2.13. The zero-order valence-electron chi connectivity index (χ0n) is 11.1. The van der Waals surface area contributed by atoms with Crippen molar-refractivity contribution >= 4 is 11.0 Å². The van der Waals surface area contributed by atoms with E-state index in [0.29, 0.717) is 0 Å². The van der Waals surface area contributed by atoms with E-state index in [9.17, 15) is 0 Å². The number of para-hydroxylation sites is 2. The predicted molar refractivity (Wildman–Crippen MR) is 73.7 cm³/mol. The van der Waals surface area contributed by atoms with Crippen molar-refractivity contribution < 1.29 is 5.11 Å². The van der Waals surface area contributed by atoms with E-state index in [1.807, 2.05) is 25.2 Å². The number of hydrogen-bond acceptors (Lipinski definition) is 3. The summed E-state index contributed by atoms with van der Waals surface area (Å²) in [5, 5.41) is 12.3. The summed E-state index contributed by atoms with van der Waals surface area (Å²) in [4.78, 5) is 4.65. The van der Waals surface area contributed by atoms with Crippen LogP contribution in [0, 0.1) is 0 Å². The smallest absolute Gasteiger partial charge is 0.109 e. The SMILES string of the molecule is CCc1nc2ccccc2n1CC(CCO)NC. The number of benzene rings is 1. The van der Waals surface area contributed by atoms with Gasteiger partial charge in [-0.15, -0.1) is 0 Å². The number of nitrogens with zero attached hydrogens (tertiary/aromatic N) is 2. The fraction of sp³-hybridized carbons (Fsp3) is 0.500. The van der Waals surface area contributed by atoms with Crippen molar-refractivity contribution in [3.8, 4) is 0 Å². The largest absolute Gasteiger partial charge is 0.396 e. The maximum atomic E-state index is 9.07. The predicted octanol–water partition coefficient (Wildman–Crippen LogP) is 1.57. The lowest BCUT2D eigenvalue weighted by molar-refractivity contribution is 0.260. The molecule has 1 atom stereocenters. The minimum atomic E-state index is 0.208. The topological polar surface area (TPSA) is 50.1 Å². The maximum absolute atomic E-state index is 9.07. The molecule has 0 spiro atoms. The monoisotopic (exact) mass is 247 g/mol. The Morgan fingerprint density at radius 2 is 2.17 bits per heavy atom. The van der Waals surface area contributed by atoms with Crippen LogP contribution in [0.5, 0.6) is 0 Å². The van der Waals surface area contributed by atoms with Gasteiger partial charge in [-0.2, -0.15) is 0 Å². The fourth-order valence-electron chi connectivity index (χ4n) is 2.30. The van der Waals surface area contributed by atoms with Gasteiger partial charge in [0.2, 0.25) is 0 Å². The van der Waals surface area contributed by atoms with Crippen LogP contribution in [0.3, 0.4) is 0 Å². The first-order valence-corrected chi connectivity index (χ1v) is 6.52. The van der Waals surface area contributed by atoms with Crippen LogP contribution in [0.4, 0.5) is 0 Å². The second-order valence-electron chi connectivity index (χ2n) is 4.48. The molecule has 1 aromatic carbocycles. The summed E-state index contributed by atoms with van der Waals surface area (Å²) in [5.41, 5.74) is 2.22. The van der Waals surface area contributed by atoms with E-state index in [2.05, 4.69) is 27.9 Å². The molecule has 2 aromatic rings. The van der Waals surface area contributed by atoms with Crippen molar-refractivity contribution in [1.82, 2.24) is 14.9 Å². The van der Waals surface area contributed by atoms with Gasteiger partial charge in [0.25, 0.3) is 0 Å². The van der Waals surface area contributed by atoms with Crippen LogP contribution in [0.2, 0.25) is 0 Å². The van der Waals surface area contributed by atoms with Crippen LogP contribution in [0.1, 0.15) is 19.2 Å². The lowest BCUT2D eigenvalue weighted by Gasteiger charge is -2.17. The summed E-state index contributed by atoms with van der Waals surface area (Å²) in [6.07, 6.45) is 1.68. The molecule has 1 heterocycles. The molecule has 0 saturated heterocycles. The van der Waals surface area contributed by atoms with Gasteiger partial charge in [0.1, 0.15) is 5.82 Å². The maximum Gasteiger partial charge on any atom is 0.109 e. The number of fused-ring (bicyclic) bond motifs is 1. The fourth-order valence-corrected chi connectivity index (χ4v) is 2.30. The number of nitrogens with one attached hydrogen (secondary N) is 1. The molecule has 2 rings (SSSR count). The zero-order chi connectivity index (χ0) is 13.0. The number of aryl methyl sites for hydroxylation is 1. The Morgan fingerprint density at radius 1 is 1.39 bits per heavy atom. The van der Waals surface area contributed by atoms with Crippen LogP contribution in [-0.4, -0.2) is 34.4 Å². The molecule has 0 bridgehead atoms. The number of rotatable bonds is 6. The average Bonchev–Trinajstić information content (AvgIpc) is 2.76. The van der Waals surface area contributed by atoms with Crippen LogP contribution < -0.4 is 5.32 Å². The molecular weight excluding hydrogens is 226 g/mol. The van der Waals surface area contributed by atoms with E-state index in [4.69, 9.17) is 5.11 Å². The lowest BCUT2D eigenvalue weighted by Crippen LogP contribution is -2.31. The normalized spacial score (nSPS) is 13.1. The van der Waals surface area contributed by atoms with E-state index >= 15 is 0 Å². The summed E-state index contributed by atoms with van der Waals surface area (Å²) >= 11 is 0. The highest BCUT2D eigenvalue weighted by molar-refractivity contribution is 5.75. The van der Waals surface area contributed by atoms with E-state index < -0.39 is 0 Å². The second-order valence-corrected chi connectivity index (χ2v) is 4.48. The Labute approximate surface area is 108 Å². The number of hydrogen-bond donors (Lipinski definition) is 2. The van der Waals surface area contributed by atoms with Crippen molar-refractivity contribution in [3.05, 3.63) is 30.1 Å². The van der Waals surface area contributed by atoms with Gasteiger partial charge in [-0.05, 0) is 25.6 Å². The number of aliphatic hydroxyl groups excluding tert-OH is 1. The van der Waals surface area contributed by atoms with Gasteiger partial charge in [0.05, 0.1) is 11.0 Å². The summed E-state index contributed by atoms with van der Waals surface area (Å²) in [7, 11) is 1.94. The molecule has 0 saturated carbocycles. The van der Waals surface area contributed by atoms with Crippen molar-refractivity contribution in [1.29, 1.82) is 0 Å². The number of aliphatic hydroxyl groups is 1. The quantitative estimate of drug-likeness (QED) is 0.814. The molecule has 4 nitrogen and oxygen atoms in total. The molecule has 4 heteroatoms. The van der Waals surface area contributed by atoms with Crippen molar-refractivity contribution in [2.45, 2.75) is 32.4 Å². The minimum absolute atomic E-state index is 0.208. The lowest BCUT2D eigenvalue weighted by atomic mass is 10.2. The molecule has 1 aromatic heterocycles. The summed E-state index contributed by atoms with van der Waals surface area (Å²) in [6.45, 7) is 3.18. The summed E-state index contributed by atoms with van der Waals surface area (Å²) < 4.78 is 2.26. The van der Waals surface area contributed by atoms with Crippen molar-refractivity contribution in [3.63, 3.8) is 0 Å². The molecule has 0 radical (unpaired) electrons. The first-order valence-electron chi connectivity index (χ1n) is 6.52. The van der Waals surface area contributed by atoms with Gasteiger partial charge in [-0.25, -0.2) is 4.98 Å². The first-order chi connectivity index (χ1) is 8.80. The van der Waals surface area contributed by atoms with E-state index in [-0.39, 0.29) is 12.6 Å². The van der Waals surface area contributed by atoms with E-state index in [0.717, 1.165) is 30.7 Å². The molecule has 0 aliphatic rings. The first kappa shape index (κ1) is 13.1. The Morgan fingerprint density at radius 3 is 2.83 bits per heavy atom. The molecule has 0 aliphatic carbocycles. The van der Waals surface area contributed by atoms with Gasteiger partial charge in [-0.1, -0.05) is 19.1 Å². The number of likely N-dealkylation sites (N-methyl/N-ethyl adjacent to an activating group) is 1. The van der Waals surface area contributed by atoms with Crippen LogP contribution in [0.15, 0.2) is 24.3 Å². The molecule has 1 unspecified atom stereocenters. The summed E-state index contributed by atoms with van der Waals surface area (Å²) in [6, 6.07) is 8.49. The van der Waals surface area contributed by atoms with Crippen LogP contribution in [-0.2, 0) is 13.0 Å². The highest BCUT2D eigenvalue weighted by atomic mass is 16.3. The Hall–Kier alpha value is -1.39. The molecule has 0 aliphatic heterocycles. The second kappa shape index (κ2) is 5.98. The third-order valence-electron chi connectivity index (χ3n) is 3.34. The number of aromatic nitrogens is 2. The van der Waals surface area contributed by atoms with Gasteiger partial charge in [0, 0.05) is 25.6 Å². The van der Waals surface area contributed by atoms with Crippen LogP contribution in [0.25, 0.3) is 11.0 Å². The summed E-state index contributed by atoms with van der Waals surface area (Å²) in [5.74, 6) is 1.11. The highest BCUT2D eigenvalue weighted by Crippen LogP contribution is 2.17. The van der Waals surface area contributed by atoms with Crippen molar-refractivity contribution in [2.75, 3.05) is 13.7 Å². The Bertz CT molecular complexity index is 507. The molecule has 18 heavy (non-hydrogen) atoms. The van der Waals surface area contributed by atoms with Gasteiger partial charge in [0.15, 0.2) is 0 Å². The van der Waals surface area contributed by atoms with Gasteiger partial charge in [-0.3, -0.25) is 0 Å². The van der Waals surface area contributed by atoms with E-state index in [1.54, 1.807) is 0 Å². The minimum Gasteiger partial charge on any atom is -0.396 e. The molecule has 0 amide bonds.